The Balaban J connectivity index is 1.51. The van der Waals surface area contributed by atoms with Crippen LogP contribution in [-0.4, -0.2) is 11.7 Å². The summed E-state index contributed by atoms with van der Waals surface area (Å²) in [4.78, 5) is 14.4. The van der Waals surface area contributed by atoms with Gasteiger partial charge >= 0.3 is 0 Å². The summed E-state index contributed by atoms with van der Waals surface area (Å²) >= 11 is 1.54. The second-order valence-corrected chi connectivity index (χ2v) is 7.74. The highest BCUT2D eigenvalue weighted by Gasteiger charge is 2.44. The number of hydrogen-bond donors (Lipinski definition) is 1. The summed E-state index contributed by atoms with van der Waals surface area (Å²) in [5.74, 6) is 0.963. The van der Waals surface area contributed by atoms with E-state index in [0.29, 0.717) is 0 Å². The van der Waals surface area contributed by atoms with Gasteiger partial charge in [0.2, 0.25) is 0 Å². The average Bonchev–Trinajstić information content (AvgIpc) is 3.26. The summed E-state index contributed by atoms with van der Waals surface area (Å²) in [6.07, 6.45) is 5.07. The van der Waals surface area contributed by atoms with Gasteiger partial charge in [-0.15, -0.1) is 11.3 Å². The number of fused-ring (bicyclic) bond motifs is 1. The summed E-state index contributed by atoms with van der Waals surface area (Å²) < 4.78 is 12.1. The van der Waals surface area contributed by atoms with Gasteiger partial charge in [0, 0.05) is 29.5 Å². The number of amides is 1. The third-order valence-electron chi connectivity index (χ3n) is 4.78. The van der Waals surface area contributed by atoms with Crippen molar-refractivity contribution in [3.63, 3.8) is 0 Å². The number of anilines is 1. The molecule has 5 heteroatoms. The summed E-state index contributed by atoms with van der Waals surface area (Å²) in [5, 5.41) is 2.97. The van der Waals surface area contributed by atoms with Crippen LogP contribution >= 0.6 is 11.3 Å². The zero-order chi connectivity index (χ0) is 16.7. The van der Waals surface area contributed by atoms with Crippen LogP contribution in [0.5, 0.6) is 11.5 Å². The lowest BCUT2D eigenvalue weighted by molar-refractivity contribution is -0.0716. The molecule has 1 N–H and O–H groups in total. The molecule has 2 aliphatic rings. The fourth-order valence-corrected chi connectivity index (χ4v) is 4.47. The van der Waals surface area contributed by atoms with Crippen molar-refractivity contribution in [3.8, 4) is 11.5 Å². The summed E-state index contributed by atoms with van der Waals surface area (Å²) in [6.45, 7) is 4.16. The Labute approximate surface area is 145 Å². The van der Waals surface area contributed by atoms with E-state index in [1.165, 1.54) is 21.8 Å². The molecule has 24 heavy (non-hydrogen) atoms. The number of thiophene rings is 1. The van der Waals surface area contributed by atoms with E-state index in [9.17, 15) is 4.79 Å². The van der Waals surface area contributed by atoms with Gasteiger partial charge in [-0.3, -0.25) is 4.79 Å². The maximum atomic E-state index is 12.5. The summed E-state index contributed by atoms with van der Waals surface area (Å²) in [5.41, 5.74) is 1.97. The smallest absolute Gasteiger partial charge is 0.265 e. The fourth-order valence-electron chi connectivity index (χ4n) is 3.46. The van der Waals surface area contributed by atoms with Crippen LogP contribution in [0.15, 0.2) is 24.3 Å². The molecule has 4 rings (SSSR count). The first-order valence-corrected chi connectivity index (χ1v) is 9.33. The number of ether oxygens (including phenoxy) is 2. The van der Waals surface area contributed by atoms with Crippen LogP contribution in [-0.2, 0) is 6.42 Å². The molecule has 0 unspecified atom stereocenters. The molecule has 4 nitrogen and oxygen atoms in total. The molecule has 2 aromatic rings. The summed E-state index contributed by atoms with van der Waals surface area (Å²) in [6, 6.07) is 7.60. The molecule has 1 fully saturated rings. The van der Waals surface area contributed by atoms with E-state index in [1.807, 2.05) is 24.3 Å². The summed E-state index contributed by atoms with van der Waals surface area (Å²) in [7, 11) is 0. The second kappa shape index (κ2) is 5.81. The molecule has 1 spiro atoms. The third kappa shape index (κ3) is 2.67. The van der Waals surface area contributed by atoms with E-state index in [1.54, 1.807) is 0 Å². The molecule has 2 heterocycles. The first-order valence-electron chi connectivity index (χ1n) is 8.51. The number of carbonyl (C=O) groups is 1. The van der Waals surface area contributed by atoms with Gasteiger partial charge in [0.25, 0.3) is 11.7 Å². The molecule has 0 atom stereocenters. The Morgan fingerprint density at radius 3 is 2.67 bits per heavy atom. The first kappa shape index (κ1) is 15.5. The van der Waals surface area contributed by atoms with Crippen molar-refractivity contribution in [1.82, 2.24) is 0 Å². The van der Waals surface area contributed by atoms with Crippen LogP contribution in [0.4, 0.5) is 5.69 Å². The number of nitrogens with one attached hydrogen (secondary N) is 1. The minimum atomic E-state index is -0.466. The number of carbonyl (C=O) groups excluding carboxylic acids is 1. The molecule has 126 valence electrons. The van der Waals surface area contributed by atoms with Crippen molar-refractivity contribution in [2.24, 2.45) is 0 Å². The monoisotopic (exact) mass is 343 g/mol. The first-order chi connectivity index (χ1) is 11.6. The SMILES string of the molecule is CCc1cc(C(=O)Nc2ccc3c(c2)OC2(CCCC2)O3)sc1C. The Hall–Kier alpha value is -2.01. The van der Waals surface area contributed by atoms with Crippen LogP contribution < -0.4 is 14.8 Å². The highest BCUT2D eigenvalue weighted by Crippen LogP contribution is 2.47. The molecule has 1 aliphatic heterocycles. The van der Waals surface area contributed by atoms with Crippen molar-refractivity contribution in [3.05, 3.63) is 39.6 Å². The van der Waals surface area contributed by atoms with Gasteiger partial charge < -0.3 is 14.8 Å². The Morgan fingerprint density at radius 2 is 1.96 bits per heavy atom. The molecular weight excluding hydrogens is 322 g/mol. The molecular formula is C19H21NO3S. The van der Waals surface area contributed by atoms with Gasteiger partial charge in [0.1, 0.15) is 0 Å². The minimum absolute atomic E-state index is 0.0720. The van der Waals surface area contributed by atoms with E-state index in [0.717, 1.165) is 54.2 Å². The standard InChI is InChI=1S/C19H21NO3S/c1-3-13-10-17(24-12(13)2)18(21)20-14-6-7-15-16(11-14)23-19(22-15)8-4-5-9-19/h6-7,10-11H,3-5,8-9H2,1-2H3,(H,20,21). The van der Waals surface area contributed by atoms with Crippen molar-refractivity contribution < 1.29 is 14.3 Å². The maximum absolute atomic E-state index is 12.5. The molecule has 1 saturated carbocycles. The largest absolute Gasteiger partial charge is 0.448 e. The zero-order valence-corrected chi connectivity index (χ0v) is 14.8. The van der Waals surface area contributed by atoms with Gasteiger partial charge in [0.05, 0.1) is 4.88 Å². The van der Waals surface area contributed by atoms with Gasteiger partial charge in [-0.2, -0.15) is 0 Å². The third-order valence-corrected chi connectivity index (χ3v) is 5.88. The van der Waals surface area contributed by atoms with Gasteiger partial charge in [-0.05, 0) is 49.9 Å². The molecule has 0 bridgehead atoms. The van der Waals surface area contributed by atoms with Crippen molar-refractivity contribution in [2.75, 3.05) is 5.32 Å². The number of benzene rings is 1. The molecule has 1 amide bonds. The average molecular weight is 343 g/mol. The van der Waals surface area contributed by atoms with E-state index >= 15 is 0 Å². The predicted octanol–water partition coefficient (Wildman–Crippen LogP) is 4.91. The normalized spacial score (nSPS) is 17.4. The van der Waals surface area contributed by atoms with E-state index in [-0.39, 0.29) is 5.91 Å². The van der Waals surface area contributed by atoms with Crippen LogP contribution in [0.2, 0.25) is 0 Å². The molecule has 1 aromatic carbocycles. The van der Waals surface area contributed by atoms with Crippen LogP contribution in [0.3, 0.4) is 0 Å². The fraction of sp³-hybridized carbons (Fsp3) is 0.421. The van der Waals surface area contributed by atoms with Crippen LogP contribution in [0, 0.1) is 6.92 Å². The lowest BCUT2D eigenvalue weighted by atomic mass is 10.2. The quantitative estimate of drug-likeness (QED) is 0.861. The topological polar surface area (TPSA) is 47.6 Å². The number of hydrogen-bond acceptors (Lipinski definition) is 4. The highest BCUT2D eigenvalue weighted by atomic mass is 32.1. The minimum Gasteiger partial charge on any atom is -0.448 e. The van der Waals surface area contributed by atoms with Crippen molar-refractivity contribution in [2.45, 2.75) is 51.7 Å². The maximum Gasteiger partial charge on any atom is 0.265 e. The predicted molar refractivity (Wildman–Crippen MR) is 95.3 cm³/mol. The Kier molecular flexibility index (Phi) is 3.76. The lowest BCUT2D eigenvalue weighted by Gasteiger charge is -2.21. The Morgan fingerprint density at radius 1 is 1.21 bits per heavy atom. The zero-order valence-electron chi connectivity index (χ0n) is 14.0. The lowest BCUT2D eigenvalue weighted by Crippen LogP contribution is -2.34. The highest BCUT2D eigenvalue weighted by molar-refractivity contribution is 7.14. The number of rotatable bonds is 3. The molecule has 0 saturated heterocycles. The second-order valence-electron chi connectivity index (χ2n) is 6.48. The van der Waals surface area contributed by atoms with Gasteiger partial charge in [-0.25, -0.2) is 0 Å². The van der Waals surface area contributed by atoms with E-state index in [4.69, 9.17) is 9.47 Å². The molecule has 1 aromatic heterocycles. The van der Waals surface area contributed by atoms with Crippen molar-refractivity contribution >= 4 is 22.9 Å². The van der Waals surface area contributed by atoms with E-state index in [2.05, 4.69) is 19.2 Å². The molecule has 1 aliphatic carbocycles. The number of aryl methyl sites for hydroxylation is 2. The Bertz CT molecular complexity index is 790. The van der Waals surface area contributed by atoms with Gasteiger partial charge in [-0.1, -0.05) is 6.92 Å². The van der Waals surface area contributed by atoms with Gasteiger partial charge in [0.15, 0.2) is 11.5 Å². The van der Waals surface area contributed by atoms with Crippen LogP contribution in [0.25, 0.3) is 0 Å². The van der Waals surface area contributed by atoms with Crippen LogP contribution in [0.1, 0.15) is 52.7 Å². The van der Waals surface area contributed by atoms with E-state index < -0.39 is 5.79 Å². The van der Waals surface area contributed by atoms with Crippen molar-refractivity contribution in [1.29, 1.82) is 0 Å². The molecule has 0 radical (unpaired) electrons.